The van der Waals surface area contributed by atoms with Crippen LogP contribution >= 0.6 is 0 Å². The molecule has 24 heavy (non-hydrogen) atoms. The molecular weight excluding hydrogens is 314 g/mol. The van der Waals surface area contributed by atoms with Crippen LogP contribution in [0.15, 0.2) is 0 Å². The van der Waals surface area contributed by atoms with Gasteiger partial charge in [0.1, 0.15) is 5.54 Å². The molecule has 2 heterocycles. The summed E-state index contributed by atoms with van der Waals surface area (Å²) in [5, 5.41) is 3.38. The number of rotatable bonds is 6. The fourth-order valence-electron chi connectivity index (χ4n) is 2.83. The Morgan fingerprint density at radius 2 is 2.17 bits per heavy atom. The molecule has 0 aliphatic carbocycles. The van der Waals surface area contributed by atoms with Crippen molar-refractivity contribution in [1.82, 2.24) is 25.6 Å². The number of hydrazine groups is 1. The third-order valence-electron chi connectivity index (χ3n) is 4.36. The molecule has 2 fully saturated rings. The summed E-state index contributed by atoms with van der Waals surface area (Å²) in [5.41, 5.74) is 1.45. The van der Waals surface area contributed by atoms with Crippen LogP contribution in [0.4, 0.5) is 4.79 Å². The molecule has 136 valence electrons. The van der Waals surface area contributed by atoms with Gasteiger partial charge >= 0.3 is 6.03 Å². The quantitative estimate of drug-likeness (QED) is 0.602. The van der Waals surface area contributed by atoms with Gasteiger partial charge in [-0.05, 0) is 27.4 Å². The average molecular weight is 341 g/mol. The van der Waals surface area contributed by atoms with E-state index < -0.39 is 17.5 Å². The monoisotopic (exact) mass is 341 g/mol. The van der Waals surface area contributed by atoms with Crippen molar-refractivity contribution < 1.29 is 19.1 Å². The van der Waals surface area contributed by atoms with E-state index in [1.807, 2.05) is 30.8 Å². The lowest BCUT2D eigenvalue weighted by atomic mass is 10.00. The van der Waals surface area contributed by atoms with E-state index in [2.05, 4.69) is 10.7 Å². The second kappa shape index (κ2) is 7.45. The van der Waals surface area contributed by atoms with E-state index >= 15 is 0 Å². The number of nitrogens with zero attached hydrogens (tertiary/aromatic N) is 3. The van der Waals surface area contributed by atoms with Crippen LogP contribution in [0.2, 0.25) is 0 Å². The fourth-order valence-corrected chi connectivity index (χ4v) is 2.83. The molecule has 4 amide bonds. The van der Waals surface area contributed by atoms with Gasteiger partial charge in [-0.15, -0.1) is 0 Å². The summed E-state index contributed by atoms with van der Waals surface area (Å²) in [6.45, 7) is 6.19. The first-order valence-electron chi connectivity index (χ1n) is 8.20. The summed E-state index contributed by atoms with van der Waals surface area (Å²) in [5.74, 6) is -0.819. The molecule has 9 nitrogen and oxygen atoms in total. The first-order chi connectivity index (χ1) is 11.2. The number of urea groups is 1. The number of carbonyl (C=O) groups excluding carboxylic acids is 3. The molecule has 2 aliphatic rings. The molecule has 2 saturated heterocycles. The van der Waals surface area contributed by atoms with Gasteiger partial charge in [0, 0.05) is 19.6 Å². The topological polar surface area (TPSA) is 94.2 Å². The van der Waals surface area contributed by atoms with E-state index in [9.17, 15) is 14.4 Å². The standard InChI is InChI=1S/C15H27N5O4/c1-5-15(2)13(22)20(14(23)16-15)17-12(21)10-19-6-7-24-11(9-19)8-18(3)4/h11H,5-10H2,1-4H3,(H,16,23)(H,17,21). The van der Waals surface area contributed by atoms with Crippen LogP contribution < -0.4 is 10.7 Å². The Balaban J connectivity index is 1.87. The highest BCUT2D eigenvalue weighted by atomic mass is 16.5. The molecule has 0 aromatic heterocycles. The minimum Gasteiger partial charge on any atom is -0.374 e. The maximum absolute atomic E-state index is 12.3. The Kier molecular flexibility index (Phi) is 5.79. The van der Waals surface area contributed by atoms with Gasteiger partial charge in [0.05, 0.1) is 19.3 Å². The van der Waals surface area contributed by atoms with Crippen molar-refractivity contribution in [3.8, 4) is 0 Å². The highest BCUT2D eigenvalue weighted by Gasteiger charge is 2.47. The maximum atomic E-state index is 12.3. The zero-order valence-electron chi connectivity index (χ0n) is 14.8. The first kappa shape index (κ1) is 18.6. The Morgan fingerprint density at radius 3 is 2.75 bits per heavy atom. The minimum absolute atomic E-state index is 0.0432. The number of imide groups is 1. The summed E-state index contributed by atoms with van der Waals surface area (Å²) in [6.07, 6.45) is 0.501. The largest absolute Gasteiger partial charge is 0.374 e. The predicted molar refractivity (Wildman–Crippen MR) is 87.0 cm³/mol. The third-order valence-corrected chi connectivity index (χ3v) is 4.36. The van der Waals surface area contributed by atoms with E-state index in [1.54, 1.807) is 6.92 Å². The lowest BCUT2D eigenvalue weighted by Crippen LogP contribution is -2.53. The van der Waals surface area contributed by atoms with Gasteiger partial charge in [-0.2, -0.15) is 5.01 Å². The van der Waals surface area contributed by atoms with Crippen molar-refractivity contribution in [2.75, 3.05) is 46.9 Å². The van der Waals surface area contributed by atoms with Gasteiger partial charge in [0.25, 0.3) is 11.8 Å². The SMILES string of the molecule is CCC1(C)NC(=O)N(NC(=O)CN2CCOC(CN(C)C)C2)C1=O. The molecule has 0 aromatic carbocycles. The van der Waals surface area contributed by atoms with Crippen LogP contribution in [0.1, 0.15) is 20.3 Å². The third kappa shape index (κ3) is 4.22. The molecular formula is C15H27N5O4. The van der Waals surface area contributed by atoms with E-state index in [0.29, 0.717) is 26.1 Å². The van der Waals surface area contributed by atoms with E-state index in [-0.39, 0.29) is 18.6 Å². The van der Waals surface area contributed by atoms with Gasteiger partial charge < -0.3 is 15.0 Å². The Labute approximate surface area is 142 Å². The summed E-state index contributed by atoms with van der Waals surface area (Å²) >= 11 is 0. The predicted octanol–water partition coefficient (Wildman–Crippen LogP) is -0.999. The summed E-state index contributed by atoms with van der Waals surface area (Å²) in [6, 6.07) is -0.592. The number of nitrogens with one attached hydrogen (secondary N) is 2. The number of likely N-dealkylation sites (N-methyl/N-ethyl adjacent to an activating group) is 1. The van der Waals surface area contributed by atoms with Crippen molar-refractivity contribution in [2.45, 2.75) is 31.9 Å². The zero-order chi connectivity index (χ0) is 17.9. The van der Waals surface area contributed by atoms with Crippen molar-refractivity contribution in [2.24, 2.45) is 0 Å². The lowest BCUT2D eigenvalue weighted by Gasteiger charge is -2.33. The summed E-state index contributed by atoms with van der Waals surface area (Å²) in [7, 11) is 3.94. The van der Waals surface area contributed by atoms with E-state index in [1.165, 1.54) is 0 Å². The highest BCUT2D eigenvalue weighted by Crippen LogP contribution is 2.19. The molecule has 2 rings (SSSR count). The molecule has 0 bridgehead atoms. The summed E-state index contributed by atoms with van der Waals surface area (Å²) < 4.78 is 5.67. The normalized spacial score (nSPS) is 28.4. The summed E-state index contributed by atoms with van der Waals surface area (Å²) in [4.78, 5) is 40.4. The van der Waals surface area contributed by atoms with Crippen molar-refractivity contribution in [3.63, 3.8) is 0 Å². The molecule has 2 N–H and O–H groups in total. The van der Waals surface area contributed by atoms with Crippen LogP contribution in [-0.2, 0) is 14.3 Å². The van der Waals surface area contributed by atoms with Crippen LogP contribution in [0.5, 0.6) is 0 Å². The zero-order valence-corrected chi connectivity index (χ0v) is 14.8. The highest BCUT2D eigenvalue weighted by molar-refractivity contribution is 6.07. The van der Waals surface area contributed by atoms with E-state index in [4.69, 9.17) is 4.74 Å². The number of carbonyl (C=O) groups is 3. The van der Waals surface area contributed by atoms with Crippen LogP contribution in [0.25, 0.3) is 0 Å². The Hall–Kier alpha value is -1.71. The van der Waals surface area contributed by atoms with Crippen LogP contribution in [0, 0.1) is 0 Å². The molecule has 2 aliphatic heterocycles. The second-order valence-corrected chi connectivity index (χ2v) is 6.78. The number of amides is 4. The maximum Gasteiger partial charge on any atom is 0.344 e. The molecule has 0 aromatic rings. The van der Waals surface area contributed by atoms with Crippen molar-refractivity contribution >= 4 is 17.8 Å². The number of ether oxygens (including phenoxy) is 1. The number of hydrogen-bond donors (Lipinski definition) is 2. The van der Waals surface area contributed by atoms with Gasteiger partial charge in [0.2, 0.25) is 0 Å². The molecule has 0 radical (unpaired) electrons. The average Bonchev–Trinajstić information content (AvgIpc) is 2.71. The Bertz CT molecular complexity index is 512. The van der Waals surface area contributed by atoms with Gasteiger partial charge in [0.15, 0.2) is 0 Å². The van der Waals surface area contributed by atoms with Gasteiger partial charge in [-0.1, -0.05) is 6.92 Å². The lowest BCUT2D eigenvalue weighted by molar-refractivity contribution is -0.140. The minimum atomic E-state index is -0.958. The van der Waals surface area contributed by atoms with Crippen LogP contribution in [0.3, 0.4) is 0 Å². The molecule has 2 atom stereocenters. The molecule has 0 spiro atoms. The number of morpholine rings is 1. The first-order valence-corrected chi connectivity index (χ1v) is 8.20. The molecule has 9 heteroatoms. The second-order valence-electron chi connectivity index (χ2n) is 6.78. The van der Waals surface area contributed by atoms with Gasteiger partial charge in [-0.3, -0.25) is 19.9 Å². The van der Waals surface area contributed by atoms with E-state index in [0.717, 1.165) is 11.6 Å². The van der Waals surface area contributed by atoms with Crippen molar-refractivity contribution in [3.05, 3.63) is 0 Å². The number of hydrogen-bond acceptors (Lipinski definition) is 6. The smallest absolute Gasteiger partial charge is 0.344 e. The van der Waals surface area contributed by atoms with Gasteiger partial charge in [-0.25, -0.2) is 4.79 Å². The fraction of sp³-hybridized carbons (Fsp3) is 0.800. The molecule has 0 saturated carbocycles. The Morgan fingerprint density at radius 1 is 1.46 bits per heavy atom. The molecule has 2 unspecified atom stereocenters. The van der Waals surface area contributed by atoms with Crippen LogP contribution in [-0.4, -0.2) is 91.2 Å². The van der Waals surface area contributed by atoms with Crippen molar-refractivity contribution in [1.29, 1.82) is 0 Å².